The summed E-state index contributed by atoms with van der Waals surface area (Å²) in [5.74, 6) is 0.336. The van der Waals surface area contributed by atoms with Gasteiger partial charge in [0.15, 0.2) is 0 Å². The largest absolute Gasteiger partial charge is 0.491 e. The van der Waals surface area contributed by atoms with E-state index in [1.54, 1.807) is 0 Å². The van der Waals surface area contributed by atoms with E-state index in [0.29, 0.717) is 5.92 Å². The molecule has 2 aromatic rings. The molecule has 2 aromatic carbocycles. The topological polar surface area (TPSA) is 29.5 Å². The van der Waals surface area contributed by atoms with Crippen molar-refractivity contribution in [2.45, 2.75) is 33.3 Å². The molecule has 1 N–H and O–H groups in total. The summed E-state index contributed by atoms with van der Waals surface area (Å²) in [5.41, 5.74) is 0.442. The van der Waals surface area contributed by atoms with Crippen molar-refractivity contribution in [3.8, 4) is 0 Å². The second kappa shape index (κ2) is 5.36. The predicted octanol–water partition coefficient (Wildman–Crippen LogP) is 2.98. The zero-order valence-corrected chi connectivity index (χ0v) is 12.1. The van der Waals surface area contributed by atoms with E-state index in [9.17, 15) is 5.02 Å². The molecule has 0 spiro atoms. The molecular formula is C16H21BO2. The minimum atomic E-state index is -0.887. The van der Waals surface area contributed by atoms with Crippen LogP contribution >= 0.6 is 0 Å². The molecule has 0 bridgehead atoms. The predicted molar refractivity (Wildman–Crippen MR) is 81.6 cm³/mol. The molecule has 0 saturated carbocycles. The van der Waals surface area contributed by atoms with Crippen LogP contribution in [0.4, 0.5) is 0 Å². The van der Waals surface area contributed by atoms with Crippen LogP contribution in [0.3, 0.4) is 0 Å². The quantitative estimate of drug-likeness (QED) is 0.852. The molecule has 100 valence electrons. The molecule has 0 aliphatic rings. The molecule has 0 fully saturated rings. The molecule has 19 heavy (non-hydrogen) atoms. The average Bonchev–Trinajstić information content (AvgIpc) is 2.37. The van der Waals surface area contributed by atoms with E-state index in [0.717, 1.165) is 10.8 Å². The van der Waals surface area contributed by atoms with Crippen LogP contribution in [-0.2, 0) is 4.65 Å². The Kier molecular flexibility index (Phi) is 3.97. The van der Waals surface area contributed by atoms with Crippen molar-refractivity contribution in [1.82, 2.24) is 0 Å². The van der Waals surface area contributed by atoms with Crippen molar-refractivity contribution in [2.75, 3.05) is 0 Å². The molecule has 0 saturated heterocycles. The minimum absolute atomic E-state index is 0.336. The first kappa shape index (κ1) is 14.1. The fourth-order valence-electron chi connectivity index (χ4n) is 1.85. The van der Waals surface area contributed by atoms with Crippen molar-refractivity contribution in [1.29, 1.82) is 0 Å². The second-order valence-electron chi connectivity index (χ2n) is 5.83. The summed E-state index contributed by atoms with van der Waals surface area (Å²) in [7, 11) is -0.887. The van der Waals surface area contributed by atoms with Crippen molar-refractivity contribution in [3.63, 3.8) is 0 Å². The monoisotopic (exact) mass is 256 g/mol. The van der Waals surface area contributed by atoms with E-state index in [1.165, 1.54) is 5.39 Å². The van der Waals surface area contributed by atoms with Gasteiger partial charge < -0.3 is 9.68 Å². The Hall–Kier alpha value is -1.32. The van der Waals surface area contributed by atoms with Crippen LogP contribution in [0.5, 0.6) is 0 Å². The maximum atomic E-state index is 10.2. The summed E-state index contributed by atoms with van der Waals surface area (Å²) in [6.45, 7) is 8.18. The lowest BCUT2D eigenvalue weighted by atomic mass is 9.76. The summed E-state index contributed by atoms with van der Waals surface area (Å²) in [4.78, 5) is 0. The lowest BCUT2D eigenvalue weighted by Gasteiger charge is -2.31. The molecule has 0 atom stereocenters. The van der Waals surface area contributed by atoms with E-state index < -0.39 is 7.12 Å². The van der Waals surface area contributed by atoms with Crippen LogP contribution < -0.4 is 5.46 Å². The fourth-order valence-corrected chi connectivity index (χ4v) is 1.85. The first-order valence-corrected chi connectivity index (χ1v) is 6.75. The summed E-state index contributed by atoms with van der Waals surface area (Å²) < 4.78 is 5.79. The Balaban J connectivity index is 2.24. The maximum Gasteiger partial charge on any atom is 0.491 e. The van der Waals surface area contributed by atoms with Crippen molar-refractivity contribution in [2.24, 2.45) is 5.92 Å². The van der Waals surface area contributed by atoms with E-state index >= 15 is 0 Å². The van der Waals surface area contributed by atoms with Crippen LogP contribution in [0.25, 0.3) is 10.8 Å². The molecule has 0 heterocycles. The van der Waals surface area contributed by atoms with Gasteiger partial charge in [-0.3, -0.25) is 0 Å². The van der Waals surface area contributed by atoms with Crippen LogP contribution in [-0.4, -0.2) is 17.7 Å². The normalized spacial score (nSPS) is 12.1. The highest BCUT2D eigenvalue weighted by molar-refractivity contribution is 6.60. The van der Waals surface area contributed by atoms with Gasteiger partial charge in [-0.2, -0.15) is 0 Å². The van der Waals surface area contributed by atoms with Gasteiger partial charge in [0.25, 0.3) is 0 Å². The third kappa shape index (κ3) is 3.17. The first-order valence-electron chi connectivity index (χ1n) is 6.75. The lowest BCUT2D eigenvalue weighted by molar-refractivity contribution is 0.0423. The summed E-state index contributed by atoms with van der Waals surface area (Å²) in [6, 6.07) is 14.0. The molecule has 3 heteroatoms. The van der Waals surface area contributed by atoms with Crippen LogP contribution in [0.1, 0.15) is 27.7 Å². The molecular weight excluding hydrogens is 235 g/mol. The molecule has 0 aliphatic carbocycles. The second-order valence-corrected chi connectivity index (χ2v) is 5.83. The standard InChI is InChI=1S/C16H21BO2/c1-12(2)16(3,4)19-17(18)15-10-9-13-7-5-6-8-14(13)11-15/h5-12,18H,1-4H3. The average molecular weight is 256 g/mol. The van der Waals surface area contributed by atoms with Gasteiger partial charge in [0.2, 0.25) is 0 Å². The molecule has 0 unspecified atom stereocenters. The van der Waals surface area contributed by atoms with Gasteiger partial charge in [-0.05, 0) is 36.0 Å². The highest BCUT2D eigenvalue weighted by Crippen LogP contribution is 2.21. The van der Waals surface area contributed by atoms with Gasteiger partial charge in [-0.1, -0.05) is 56.3 Å². The third-order valence-corrected chi connectivity index (χ3v) is 3.86. The van der Waals surface area contributed by atoms with Gasteiger partial charge in [0, 0.05) is 0 Å². The Labute approximate surface area is 115 Å². The highest BCUT2D eigenvalue weighted by atomic mass is 16.5. The molecule has 0 aromatic heterocycles. The number of rotatable bonds is 4. The van der Waals surface area contributed by atoms with E-state index in [4.69, 9.17) is 4.65 Å². The lowest BCUT2D eigenvalue weighted by Crippen LogP contribution is -2.44. The Bertz CT molecular complexity index is 563. The van der Waals surface area contributed by atoms with Gasteiger partial charge in [-0.15, -0.1) is 0 Å². The van der Waals surface area contributed by atoms with Crippen molar-refractivity contribution < 1.29 is 9.68 Å². The SMILES string of the molecule is CC(C)C(C)(C)OB(O)c1ccc2ccccc2c1. The van der Waals surface area contributed by atoms with Crippen LogP contribution in [0.2, 0.25) is 0 Å². The molecule has 0 aliphatic heterocycles. The summed E-state index contributed by atoms with van der Waals surface area (Å²) in [5, 5.41) is 12.5. The fraction of sp³-hybridized carbons (Fsp3) is 0.375. The van der Waals surface area contributed by atoms with Gasteiger partial charge >= 0.3 is 7.12 Å². The highest BCUT2D eigenvalue weighted by Gasteiger charge is 2.30. The van der Waals surface area contributed by atoms with E-state index in [2.05, 4.69) is 19.9 Å². The summed E-state index contributed by atoms with van der Waals surface area (Å²) >= 11 is 0. The molecule has 2 rings (SSSR count). The smallest absolute Gasteiger partial charge is 0.423 e. The van der Waals surface area contributed by atoms with Gasteiger partial charge in [0.1, 0.15) is 0 Å². The maximum absolute atomic E-state index is 10.2. The van der Waals surface area contributed by atoms with E-state index in [1.807, 2.05) is 50.2 Å². The summed E-state index contributed by atoms with van der Waals surface area (Å²) in [6.07, 6.45) is 0. The molecule has 2 nitrogen and oxygen atoms in total. The number of benzene rings is 2. The van der Waals surface area contributed by atoms with E-state index in [-0.39, 0.29) is 5.60 Å². The third-order valence-electron chi connectivity index (χ3n) is 3.86. The van der Waals surface area contributed by atoms with Crippen LogP contribution in [0.15, 0.2) is 42.5 Å². The Morgan fingerprint density at radius 2 is 1.68 bits per heavy atom. The Morgan fingerprint density at radius 1 is 1.05 bits per heavy atom. The minimum Gasteiger partial charge on any atom is -0.423 e. The number of hydrogen-bond donors (Lipinski definition) is 1. The first-order chi connectivity index (χ1) is 8.90. The van der Waals surface area contributed by atoms with Crippen molar-refractivity contribution >= 4 is 23.4 Å². The molecule has 0 amide bonds. The zero-order chi connectivity index (χ0) is 14.0. The Morgan fingerprint density at radius 3 is 2.32 bits per heavy atom. The number of hydrogen-bond acceptors (Lipinski definition) is 2. The van der Waals surface area contributed by atoms with Gasteiger partial charge in [-0.25, -0.2) is 0 Å². The van der Waals surface area contributed by atoms with Crippen LogP contribution in [0, 0.1) is 5.92 Å². The van der Waals surface area contributed by atoms with Crippen molar-refractivity contribution in [3.05, 3.63) is 42.5 Å². The van der Waals surface area contributed by atoms with Gasteiger partial charge in [0.05, 0.1) is 5.60 Å². The molecule has 0 radical (unpaired) electrons. The zero-order valence-electron chi connectivity index (χ0n) is 12.1. The number of fused-ring (bicyclic) bond motifs is 1.